The molecule has 30 heavy (non-hydrogen) atoms. The zero-order valence-electron chi connectivity index (χ0n) is 19.1. The number of aliphatic hydroxyl groups excluding tert-OH is 1. The van der Waals surface area contributed by atoms with Crippen LogP contribution in [0.25, 0.3) is 0 Å². The summed E-state index contributed by atoms with van der Waals surface area (Å²) in [6.45, 7) is 10.5. The first kappa shape index (κ1) is 23.8. The molecule has 1 fully saturated rings. The Kier molecular flexibility index (Phi) is 8.77. The first-order valence-electron chi connectivity index (χ1n) is 10.7. The van der Waals surface area contributed by atoms with E-state index in [1.54, 1.807) is 6.08 Å². The SMILES string of the molecule is Cc1nc(N2CCC(N(C)/C(N)=C/C(=C\N)OCCO)CC2)nc(C)c1CC(C)C. The number of ether oxygens (including phenoxy) is 1. The molecule has 2 heterocycles. The number of nitrogens with zero attached hydrogens (tertiary/aromatic N) is 4. The van der Waals surface area contributed by atoms with Crippen LogP contribution in [0, 0.1) is 19.8 Å². The summed E-state index contributed by atoms with van der Waals surface area (Å²) in [6, 6.07) is 0.316. The normalized spacial score (nSPS) is 16.3. The fourth-order valence-corrected chi connectivity index (χ4v) is 3.78. The molecule has 0 aromatic carbocycles. The van der Waals surface area contributed by atoms with Crippen molar-refractivity contribution in [2.45, 2.75) is 53.0 Å². The lowest BCUT2D eigenvalue weighted by Gasteiger charge is -2.38. The third-order valence-corrected chi connectivity index (χ3v) is 5.54. The first-order chi connectivity index (χ1) is 14.3. The number of piperidine rings is 1. The molecule has 1 aromatic heterocycles. The molecule has 0 unspecified atom stereocenters. The van der Waals surface area contributed by atoms with Gasteiger partial charge in [-0.25, -0.2) is 9.97 Å². The van der Waals surface area contributed by atoms with Crippen LogP contribution in [-0.2, 0) is 11.2 Å². The minimum absolute atomic E-state index is 0.0706. The molecular weight excluding hydrogens is 380 g/mol. The van der Waals surface area contributed by atoms with E-state index < -0.39 is 0 Å². The van der Waals surface area contributed by atoms with E-state index in [4.69, 9.17) is 31.3 Å². The topological polar surface area (TPSA) is 114 Å². The summed E-state index contributed by atoms with van der Waals surface area (Å²) in [7, 11) is 1.98. The van der Waals surface area contributed by atoms with E-state index in [1.165, 1.54) is 11.8 Å². The van der Waals surface area contributed by atoms with Crippen LogP contribution >= 0.6 is 0 Å². The summed E-state index contributed by atoms with van der Waals surface area (Å²) >= 11 is 0. The van der Waals surface area contributed by atoms with E-state index in [-0.39, 0.29) is 13.2 Å². The first-order valence-corrected chi connectivity index (χ1v) is 10.7. The van der Waals surface area contributed by atoms with Crippen LogP contribution in [-0.4, -0.2) is 59.4 Å². The molecule has 1 aromatic rings. The molecule has 1 aliphatic rings. The number of aliphatic hydroxyl groups is 1. The summed E-state index contributed by atoms with van der Waals surface area (Å²) in [4.78, 5) is 13.9. The minimum Gasteiger partial charge on any atom is -0.490 e. The molecule has 1 saturated heterocycles. The van der Waals surface area contributed by atoms with E-state index in [2.05, 4.69) is 37.5 Å². The van der Waals surface area contributed by atoms with Crippen LogP contribution in [0.5, 0.6) is 0 Å². The number of rotatable bonds is 9. The fourth-order valence-electron chi connectivity index (χ4n) is 3.78. The van der Waals surface area contributed by atoms with Crippen molar-refractivity contribution >= 4 is 5.95 Å². The number of anilines is 1. The molecule has 8 nitrogen and oxygen atoms in total. The van der Waals surface area contributed by atoms with Gasteiger partial charge in [-0.1, -0.05) is 13.8 Å². The van der Waals surface area contributed by atoms with Crippen LogP contribution in [0.1, 0.15) is 43.6 Å². The molecule has 0 saturated carbocycles. The van der Waals surface area contributed by atoms with E-state index >= 15 is 0 Å². The minimum atomic E-state index is -0.0706. The highest BCUT2D eigenvalue weighted by molar-refractivity contribution is 5.37. The molecule has 2 rings (SSSR count). The maximum atomic E-state index is 8.89. The monoisotopic (exact) mass is 418 g/mol. The second kappa shape index (κ2) is 11.1. The second-order valence-electron chi connectivity index (χ2n) is 8.31. The van der Waals surface area contributed by atoms with Gasteiger partial charge in [-0.05, 0) is 44.6 Å². The van der Waals surface area contributed by atoms with Gasteiger partial charge in [0.1, 0.15) is 18.2 Å². The van der Waals surface area contributed by atoms with Crippen molar-refractivity contribution in [1.82, 2.24) is 14.9 Å². The van der Waals surface area contributed by atoms with Gasteiger partial charge in [0, 0.05) is 49.8 Å². The van der Waals surface area contributed by atoms with Crippen molar-refractivity contribution in [2.24, 2.45) is 17.4 Å². The van der Waals surface area contributed by atoms with E-state index in [0.717, 1.165) is 49.7 Å². The van der Waals surface area contributed by atoms with Gasteiger partial charge >= 0.3 is 0 Å². The zero-order valence-corrected chi connectivity index (χ0v) is 19.1. The molecule has 8 heteroatoms. The Labute approximate surface area is 180 Å². The molecular formula is C22H38N6O2. The molecule has 0 bridgehead atoms. The van der Waals surface area contributed by atoms with Gasteiger partial charge in [0.25, 0.3) is 0 Å². The van der Waals surface area contributed by atoms with Gasteiger partial charge in [-0.15, -0.1) is 0 Å². The van der Waals surface area contributed by atoms with Gasteiger partial charge in [0.05, 0.1) is 6.61 Å². The fraction of sp³-hybridized carbons (Fsp3) is 0.636. The Morgan fingerprint density at radius 3 is 2.37 bits per heavy atom. The Balaban J connectivity index is 2.00. The second-order valence-corrected chi connectivity index (χ2v) is 8.31. The van der Waals surface area contributed by atoms with Crippen LogP contribution in [0.3, 0.4) is 0 Å². The number of allylic oxidation sites excluding steroid dienone is 1. The Morgan fingerprint density at radius 1 is 1.27 bits per heavy atom. The number of hydrogen-bond donors (Lipinski definition) is 3. The quantitative estimate of drug-likeness (QED) is 0.411. The van der Waals surface area contributed by atoms with Crippen molar-refractivity contribution in [3.63, 3.8) is 0 Å². The lowest BCUT2D eigenvalue weighted by molar-refractivity contribution is 0.150. The van der Waals surface area contributed by atoms with E-state index in [1.807, 2.05) is 7.05 Å². The van der Waals surface area contributed by atoms with Crippen molar-refractivity contribution < 1.29 is 9.84 Å². The van der Waals surface area contributed by atoms with E-state index in [0.29, 0.717) is 23.5 Å². The molecule has 1 aliphatic heterocycles. The Hall–Kier alpha value is -2.48. The van der Waals surface area contributed by atoms with Crippen LogP contribution < -0.4 is 16.4 Å². The molecule has 0 atom stereocenters. The molecule has 0 spiro atoms. The smallest absolute Gasteiger partial charge is 0.225 e. The van der Waals surface area contributed by atoms with Gasteiger partial charge in [-0.3, -0.25) is 0 Å². The molecule has 0 radical (unpaired) electrons. The summed E-state index contributed by atoms with van der Waals surface area (Å²) in [5.41, 5.74) is 15.3. The third kappa shape index (κ3) is 6.26. The number of hydrogen-bond acceptors (Lipinski definition) is 8. The summed E-state index contributed by atoms with van der Waals surface area (Å²) in [6.07, 6.45) is 5.98. The van der Waals surface area contributed by atoms with Gasteiger partial charge in [-0.2, -0.15) is 0 Å². The summed E-state index contributed by atoms with van der Waals surface area (Å²) < 4.78 is 5.36. The molecule has 168 valence electrons. The van der Waals surface area contributed by atoms with Gasteiger partial charge in [0.15, 0.2) is 0 Å². The Morgan fingerprint density at radius 2 is 1.87 bits per heavy atom. The van der Waals surface area contributed by atoms with Crippen LogP contribution in [0.15, 0.2) is 23.9 Å². The van der Waals surface area contributed by atoms with Crippen molar-refractivity contribution in [1.29, 1.82) is 0 Å². The van der Waals surface area contributed by atoms with Crippen LogP contribution in [0.4, 0.5) is 5.95 Å². The highest BCUT2D eigenvalue weighted by Crippen LogP contribution is 2.24. The van der Waals surface area contributed by atoms with Crippen LogP contribution in [0.2, 0.25) is 0 Å². The predicted molar refractivity (Wildman–Crippen MR) is 121 cm³/mol. The number of aromatic nitrogens is 2. The molecule has 5 N–H and O–H groups in total. The maximum absolute atomic E-state index is 8.89. The Bertz CT molecular complexity index is 731. The number of aryl methyl sites for hydroxylation is 2. The summed E-state index contributed by atoms with van der Waals surface area (Å²) in [5.74, 6) is 2.45. The molecule has 0 amide bonds. The third-order valence-electron chi connectivity index (χ3n) is 5.54. The van der Waals surface area contributed by atoms with E-state index in [9.17, 15) is 0 Å². The highest BCUT2D eigenvalue weighted by atomic mass is 16.5. The van der Waals surface area contributed by atoms with Gasteiger partial charge < -0.3 is 31.1 Å². The lowest BCUT2D eigenvalue weighted by atomic mass is 10.0. The average molecular weight is 419 g/mol. The average Bonchev–Trinajstić information content (AvgIpc) is 2.72. The molecule has 0 aliphatic carbocycles. The van der Waals surface area contributed by atoms with Crippen molar-refractivity contribution in [3.05, 3.63) is 40.8 Å². The standard InChI is InChI=1S/C22H38N6O2/c1-15(2)12-20-16(3)25-22(26-17(20)4)28-8-6-18(7-9-28)27(5)21(24)13-19(14-23)30-11-10-29/h13-15,18,29H,6-12,23-24H2,1-5H3/b19-14+,21-13+. The lowest BCUT2D eigenvalue weighted by Crippen LogP contribution is -2.45. The van der Waals surface area contributed by atoms with Gasteiger partial charge in [0.2, 0.25) is 5.95 Å². The largest absolute Gasteiger partial charge is 0.490 e. The van der Waals surface area contributed by atoms with Crippen molar-refractivity contribution in [3.8, 4) is 0 Å². The summed E-state index contributed by atoms with van der Waals surface area (Å²) in [5, 5.41) is 8.89. The predicted octanol–water partition coefficient (Wildman–Crippen LogP) is 1.80. The zero-order chi connectivity index (χ0) is 22.3. The van der Waals surface area contributed by atoms with Crippen molar-refractivity contribution in [2.75, 3.05) is 38.3 Å². The number of nitrogens with two attached hydrogens (primary N) is 2. The highest BCUT2D eigenvalue weighted by Gasteiger charge is 2.25. The maximum Gasteiger partial charge on any atom is 0.225 e.